The van der Waals surface area contributed by atoms with Crippen LogP contribution in [0.15, 0.2) is 24.3 Å². The molecule has 1 saturated heterocycles. The van der Waals surface area contributed by atoms with Crippen LogP contribution in [0.5, 0.6) is 5.75 Å². The molecule has 1 fully saturated rings. The highest BCUT2D eigenvalue weighted by molar-refractivity contribution is 5.26. The number of epoxide rings is 1. The highest BCUT2D eigenvalue weighted by Crippen LogP contribution is 2.16. The van der Waals surface area contributed by atoms with E-state index in [4.69, 9.17) is 14.2 Å². The molecule has 0 aromatic heterocycles. The van der Waals surface area contributed by atoms with Gasteiger partial charge in [0.1, 0.15) is 12.4 Å². The molecule has 2 rings (SSSR count). The maximum absolute atomic E-state index is 5.35. The third kappa shape index (κ3) is 2.44. The van der Waals surface area contributed by atoms with E-state index in [1.54, 1.807) is 7.11 Å². The topological polar surface area (TPSA) is 31.0 Å². The Bertz CT molecular complexity index is 264. The number of benzene rings is 1. The summed E-state index contributed by atoms with van der Waals surface area (Å²) in [4.78, 5) is 0. The Balaban J connectivity index is 1.88. The molecule has 0 radical (unpaired) electrons. The number of rotatable bonds is 4. The Kier molecular flexibility index (Phi) is 2.47. The van der Waals surface area contributed by atoms with Gasteiger partial charge in [-0.2, -0.15) is 0 Å². The lowest BCUT2D eigenvalue weighted by molar-refractivity contribution is 0.0386. The molecule has 1 heterocycles. The minimum Gasteiger partial charge on any atom is -0.497 e. The number of ether oxygens (including phenoxy) is 3. The lowest BCUT2D eigenvalue weighted by atomic mass is 10.2. The van der Waals surface area contributed by atoms with Crippen molar-refractivity contribution in [3.8, 4) is 5.75 Å². The van der Waals surface area contributed by atoms with Crippen molar-refractivity contribution in [2.75, 3.05) is 13.7 Å². The molecule has 3 nitrogen and oxygen atoms in total. The molecule has 0 amide bonds. The average Bonchev–Trinajstić information content (AvgIpc) is 2.99. The van der Waals surface area contributed by atoms with Crippen molar-refractivity contribution < 1.29 is 14.2 Å². The summed E-state index contributed by atoms with van der Waals surface area (Å²) in [6, 6.07) is 7.82. The standard InChI is InChI=1S/C10H12O3/c1-11-9-4-2-8(3-5-9)6-12-10-7-13-10/h2-5,10H,6-7H2,1H3. The van der Waals surface area contributed by atoms with E-state index in [0.29, 0.717) is 6.61 Å². The SMILES string of the molecule is COc1ccc(COC2CO2)cc1. The van der Waals surface area contributed by atoms with Gasteiger partial charge in [-0.15, -0.1) is 0 Å². The predicted molar refractivity (Wildman–Crippen MR) is 47.5 cm³/mol. The molecule has 0 saturated carbocycles. The molecule has 1 aliphatic heterocycles. The summed E-state index contributed by atoms with van der Waals surface area (Å²) in [5, 5.41) is 0. The largest absolute Gasteiger partial charge is 0.497 e. The molecule has 70 valence electrons. The van der Waals surface area contributed by atoms with Crippen LogP contribution < -0.4 is 4.74 Å². The zero-order valence-corrected chi connectivity index (χ0v) is 7.53. The molecule has 0 spiro atoms. The second-order valence-corrected chi connectivity index (χ2v) is 2.92. The molecule has 1 aliphatic rings. The summed E-state index contributed by atoms with van der Waals surface area (Å²) in [5.74, 6) is 0.867. The summed E-state index contributed by atoms with van der Waals surface area (Å²) in [6.45, 7) is 1.34. The van der Waals surface area contributed by atoms with E-state index in [2.05, 4.69) is 0 Å². The summed E-state index contributed by atoms with van der Waals surface area (Å²) in [7, 11) is 1.66. The third-order valence-electron chi connectivity index (χ3n) is 1.90. The third-order valence-corrected chi connectivity index (χ3v) is 1.90. The Morgan fingerprint density at radius 2 is 2.08 bits per heavy atom. The van der Waals surface area contributed by atoms with Gasteiger partial charge >= 0.3 is 0 Å². The van der Waals surface area contributed by atoms with E-state index in [1.165, 1.54) is 0 Å². The van der Waals surface area contributed by atoms with Crippen molar-refractivity contribution in [1.82, 2.24) is 0 Å². The fraction of sp³-hybridized carbons (Fsp3) is 0.400. The number of hydrogen-bond acceptors (Lipinski definition) is 3. The predicted octanol–water partition coefficient (Wildman–Crippen LogP) is 1.57. The van der Waals surface area contributed by atoms with Gasteiger partial charge in [0.25, 0.3) is 0 Å². The molecule has 3 heteroatoms. The van der Waals surface area contributed by atoms with Gasteiger partial charge in [-0.05, 0) is 17.7 Å². The molecule has 1 aromatic rings. The van der Waals surface area contributed by atoms with Crippen LogP contribution >= 0.6 is 0 Å². The van der Waals surface area contributed by atoms with Gasteiger partial charge in [0.05, 0.1) is 13.7 Å². The van der Waals surface area contributed by atoms with Crippen molar-refractivity contribution >= 4 is 0 Å². The minimum absolute atomic E-state index is 0.0297. The van der Waals surface area contributed by atoms with Crippen LogP contribution in [0, 0.1) is 0 Å². The van der Waals surface area contributed by atoms with Crippen molar-refractivity contribution in [3.05, 3.63) is 29.8 Å². The zero-order chi connectivity index (χ0) is 9.10. The molecule has 0 aliphatic carbocycles. The van der Waals surface area contributed by atoms with Crippen molar-refractivity contribution in [2.45, 2.75) is 12.9 Å². The first kappa shape index (κ1) is 8.53. The van der Waals surface area contributed by atoms with E-state index in [-0.39, 0.29) is 6.29 Å². The van der Waals surface area contributed by atoms with Crippen molar-refractivity contribution in [3.63, 3.8) is 0 Å². The maximum atomic E-state index is 5.35. The van der Waals surface area contributed by atoms with Gasteiger partial charge in [-0.25, -0.2) is 0 Å². The van der Waals surface area contributed by atoms with E-state index in [9.17, 15) is 0 Å². The summed E-state index contributed by atoms with van der Waals surface area (Å²) in [6.07, 6.45) is 0.0297. The molecule has 13 heavy (non-hydrogen) atoms. The highest BCUT2D eigenvalue weighted by atomic mass is 16.8. The normalized spacial score (nSPS) is 19.9. The summed E-state index contributed by atoms with van der Waals surface area (Å²) >= 11 is 0. The fourth-order valence-corrected chi connectivity index (χ4v) is 1.05. The van der Waals surface area contributed by atoms with Gasteiger partial charge in [0.15, 0.2) is 6.29 Å². The lowest BCUT2D eigenvalue weighted by Crippen LogP contribution is -1.95. The Morgan fingerprint density at radius 1 is 1.38 bits per heavy atom. The van der Waals surface area contributed by atoms with Gasteiger partial charge < -0.3 is 14.2 Å². The molecule has 0 bridgehead atoms. The van der Waals surface area contributed by atoms with E-state index < -0.39 is 0 Å². The first-order valence-corrected chi connectivity index (χ1v) is 4.24. The molecule has 1 atom stereocenters. The smallest absolute Gasteiger partial charge is 0.181 e. The van der Waals surface area contributed by atoms with Crippen LogP contribution in [-0.2, 0) is 16.1 Å². The van der Waals surface area contributed by atoms with Crippen LogP contribution in [0.1, 0.15) is 5.56 Å². The Morgan fingerprint density at radius 3 is 2.62 bits per heavy atom. The highest BCUT2D eigenvalue weighted by Gasteiger charge is 2.22. The Labute approximate surface area is 77.2 Å². The van der Waals surface area contributed by atoms with Gasteiger partial charge in [-0.3, -0.25) is 0 Å². The molecular weight excluding hydrogens is 168 g/mol. The first-order valence-electron chi connectivity index (χ1n) is 4.24. The molecule has 1 aromatic carbocycles. The first-order chi connectivity index (χ1) is 6.38. The van der Waals surface area contributed by atoms with Crippen LogP contribution in [0.25, 0.3) is 0 Å². The number of hydrogen-bond donors (Lipinski definition) is 0. The van der Waals surface area contributed by atoms with Crippen LogP contribution in [0.2, 0.25) is 0 Å². The van der Waals surface area contributed by atoms with Crippen molar-refractivity contribution in [1.29, 1.82) is 0 Å². The molecule has 0 N–H and O–H groups in total. The van der Waals surface area contributed by atoms with Gasteiger partial charge in [0, 0.05) is 0 Å². The van der Waals surface area contributed by atoms with E-state index >= 15 is 0 Å². The molecular formula is C10H12O3. The maximum Gasteiger partial charge on any atom is 0.181 e. The lowest BCUT2D eigenvalue weighted by Gasteiger charge is -2.02. The van der Waals surface area contributed by atoms with E-state index in [0.717, 1.165) is 17.9 Å². The van der Waals surface area contributed by atoms with Gasteiger partial charge in [0.2, 0.25) is 0 Å². The second kappa shape index (κ2) is 3.77. The Hall–Kier alpha value is -1.06. The fourth-order valence-electron chi connectivity index (χ4n) is 1.05. The minimum atomic E-state index is 0.0297. The summed E-state index contributed by atoms with van der Waals surface area (Å²) < 4.78 is 15.3. The van der Waals surface area contributed by atoms with Gasteiger partial charge in [-0.1, -0.05) is 12.1 Å². The van der Waals surface area contributed by atoms with Crippen LogP contribution in [0.4, 0.5) is 0 Å². The quantitative estimate of drug-likeness (QED) is 0.659. The monoisotopic (exact) mass is 180 g/mol. The average molecular weight is 180 g/mol. The second-order valence-electron chi connectivity index (χ2n) is 2.92. The zero-order valence-electron chi connectivity index (χ0n) is 7.53. The number of methoxy groups -OCH3 is 1. The summed E-state index contributed by atoms with van der Waals surface area (Å²) in [5.41, 5.74) is 1.14. The molecule has 1 unspecified atom stereocenters. The van der Waals surface area contributed by atoms with Crippen molar-refractivity contribution in [2.24, 2.45) is 0 Å². The van der Waals surface area contributed by atoms with E-state index in [1.807, 2.05) is 24.3 Å². The van der Waals surface area contributed by atoms with Crippen LogP contribution in [-0.4, -0.2) is 20.0 Å². The van der Waals surface area contributed by atoms with Crippen LogP contribution in [0.3, 0.4) is 0 Å².